The molecule has 1 aromatic heterocycles. The lowest BCUT2D eigenvalue weighted by Crippen LogP contribution is -2.16. The van der Waals surface area contributed by atoms with Gasteiger partial charge in [-0.05, 0) is 28.8 Å². The first-order valence-electron chi connectivity index (χ1n) is 5.28. The number of aliphatic hydroxyl groups excluding tert-OH is 1. The highest BCUT2D eigenvalue weighted by Crippen LogP contribution is 2.19. The molecule has 0 unspecified atom stereocenters. The minimum absolute atomic E-state index is 0.0943. The van der Waals surface area contributed by atoms with Gasteiger partial charge in [-0.25, -0.2) is 4.79 Å². The molecule has 5 nitrogen and oxygen atoms in total. The number of pyridine rings is 1. The number of hydrogen-bond acceptors (Lipinski definition) is 3. The number of nitrogens with one attached hydrogen (secondary N) is 1. The Labute approximate surface area is 102 Å². The third-order valence-corrected chi connectivity index (χ3v) is 2.58. The maximum atomic E-state index is 11.3. The largest absolute Gasteiger partial charge is 0.477 e. The molecule has 2 aromatic rings. The van der Waals surface area contributed by atoms with E-state index in [1.165, 1.54) is 12.3 Å². The second-order valence-corrected chi connectivity index (χ2v) is 3.79. The van der Waals surface area contributed by atoms with E-state index in [4.69, 9.17) is 10.2 Å². The van der Waals surface area contributed by atoms with Crippen LogP contribution in [0, 0.1) is 0 Å². The Morgan fingerprint density at radius 2 is 2.00 bits per heavy atom. The third-order valence-electron chi connectivity index (χ3n) is 2.58. The molecule has 3 N–H and O–H groups in total. The molecule has 0 aliphatic carbocycles. The van der Waals surface area contributed by atoms with Crippen molar-refractivity contribution < 1.29 is 15.0 Å². The van der Waals surface area contributed by atoms with Gasteiger partial charge in [-0.2, -0.15) is 0 Å². The summed E-state index contributed by atoms with van der Waals surface area (Å²) in [7, 11) is 0. The van der Waals surface area contributed by atoms with Crippen LogP contribution in [0.1, 0.15) is 15.9 Å². The minimum Gasteiger partial charge on any atom is -0.477 e. The van der Waals surface area contributed by atoms with Crippen molar-refractivity contribution in [3.05, 3.63) is 58.0 Å². The van der Waals surface area contributed by atoms with Crippen LogP contribution in [-0.4, -0.2) is 21.2 Å². The van der Waals surface area contributed by atoms with Crippen molar-refractivity contribution in [2.75, 3.05) is 0 Å². The Bertz CT molecular complexity index is 645. The Morgan fingerprint density at radius 3 is 2.67 bits per heavy atom. The fourth-order valence-corrected chi connectivity index (χ4v) is 1.66. The first-order valence-corrected chi connectivity index (χ1v) is 5.28. The summed E-state index contributed by atoms with van der Waals surface area (Å²) in [6.07, 6.45) is 1.45. The lowest BCUT2D eigenvalue weighted by Gasteiger charge is -2.04. The van der Waals surface area contributed by atoms with Crippen LogP contribution in [0.5, 0.6) is 0 Å². The molecule has 5 heteroatoms. The number of rotatable bonds is 3. The van der Waals surface area contributed by atoms with Gasteiger partial charge in [-0.15, -0.1) is 0 Å². The second kappa shape index (κ2) is 4.85. The highest BCUT2D eigenvalue weighted by Gasteiger charge is 2.10. The van der Waals surface area contributed by atoms with Crippen LogP contribution in [0.4, 0.5) is 0 Å². The molecule has 1 heterocycles. The molecule has 0 saturated carbocycles. The number of carboxylic acid groups (broad SMARTS) is 1. The summed E-state index contributed by atoms with van der Waals surface area (Å²) in [5.41, 5.74) is 1.10. The topological polar surface area (TPSA) is 90.4 Å². The van der Waals surface area contributed by atoms with Crippen molar-refractivity contribution in [1.82, 2.24) is 4.98 Å². The lowest BCUT2D eigenvalue weighted by molar-refractivity contribution is 0.0695. The van der Waals surface area contributed by atoms with Crippen LogP contribution in [0.2, 0.25) is 0 Å². The minimum atomic E-state index is -1.27. The highest BCUT2D eigenvalue weighted by atomic mass is 16.4. The van der Waals surface area contributed by atoms with E-state index < -0.39 is 11.5 Å². The monoisotopic (exact) mass is 245 g/mol. The molecule has 2 rings (SSSR count). The average Bonchev–Trinajstić information content (AvgIpc) is 2.39. The molecule has 18 heavy (non-hydrogen) atoms. The fourth-order valence-electron chi connectivity index (χ4n) is 1.66. The molecule has 0 amide bonds. The molecule has 1 aromatic carbocycles. The molecule has 0 fully saturated rings. The van der Waals surface area contributed by atoms with Crippen molar-refractivity contribution in [2.24, 2.45) is 0 Å². The predicted octanol–water partition coefficient (Wildman–Crippen LogP) is 1.23. The Morgan fingerprint density at radius 1 is 1.22 bits per heavy atom. The zero-order chi connectivity index (χ0) is 13.1. The molecular formula is C13H11NO4. The summed E-state index contributed by atoms with van der Waals surface area (Å²) in [6, 6.07) is 8.34. The molecule has 92 valence electrons. The van der Waals surface area contributed by atoms with Crippen molar-refractivity contribution in [2.45, 2.75) is 6.61 Å². The van der Waals surface area contributed by atoms with Gasteiger partial charge in [0.25, 0.3) is 5.56 Å². The number of hydrogen-bond donors (Lipinski definition) is 3. The number of H-pyrrole nitrogens is 1. The molecule has 0 spiro atoms. The van der Waals surface area contributed by atoms with Crippen LogP contribution in [0.25, 0.3) is 11.1 Å². The Balaban J connectivity index is 2.54. The van der Waals surface area contributed by atoms with Gasteiger partial charge in [0.2, 0.25) is 0 Å². The van der Waals surface area contributed by atoms with Gasteiger partial charge in [-0.1, -0.05) is 18.2 Å². The van der Waals surface area contributed by atoms with Gasteiger partial charge in [0.1, 0.15) is 5.56 Å². The average molecular weight is 245 g/mol. The van der Waals surface area contributed by atoms with E-state index >= 15 is 0 Å². The maximum absolute atomic E-state index is 11.3. The normalized spacial score (nSPS) is 10.3. The maximum Gasteiger partial charge on any atom is 0.341 e. The van der Waals surface area contributed by atoms with Crippen LogP contribution < -0.4 is 5.56 Å². The Hall–Kier alpha value is -2.40. The van der Waals surface area contributed by atoms with Gasteiger partial charge in [0, 0.05) is 6.20 Å². The van der Waals surface area contributed by atoms with Gasteiger partial charge in [0.15, 0.2) is 0 Å². The summed E-state index contributed by atoms with van der Waals surface area (Å²) in [4.78, 5) is 24.5. The van der Waals surface area contributed by atoms with E-state index in [9.17, 15) is 9.59 Å². The number of aromatic amines is 1. The number of carbonyl (C=O) groups is 1. The van der Waals surface area contributed by atoms with Crippen LogP contribution >= 0.6 is 0 Å². The molecule has 0 radical (unpaired) electrons. The zero-order valence-corrected chi connectivity index (χ0v) is 9.38. The first-order chi connectivity index (χ1) is 8.61. The van der Waals surface area contributed by atoms with Crippen LogP contribution in [-0.2, 0) is 6.61 Å². The van der Waals surface area contributed by atoms with Crippen molar-refractivity contribution in [3.63, 3.8) is 0 Å². The fraction of sp³-hybridized carbons (Fsp3) is 0.0769. The molecule has 0 bridgehead atoms. The van der Waals surface area contributed by atoms with Gasteiger partial charge < -0.3 is 15.2 Å². The molecule has 0 aliphatic rings. The number of aliphatic hydroxyl groups is 1. The number of aromatic nitrogens is 1. The Kier molecular flexibility index (Phi) is 3.25. The predicted molar refractivity (Wildman–Crippen MR) is 65.4 cm³/mol. The molecule has 0 saturated heterocycles. The van der Waals surface area contributed by atoms with Gasteiger partial charge in [0.05, 0.1) is 6.61 Å². The van der Waals surface area contributed by atoms with Crippen LogP contribution in [0.15, 0.2) is 41.3 Å². The summed E-state index contributed by atoms with van der Waals surface area (Å²) < 4.78 is 0. The number of benzene rings is 1. The van der Waals surface area contributed by atoms with Crippen molar-refractivity contribution in [3.8, 4) is 11.1 Å². The third kappa shape index (κ3) is 2.31. The lowest BCUT2D eigenvalue weighted by atomic mass is 10.0. The summed E-state index contributed by atoms with van der Waals surface area (Å²) in [5.74, 6) is -1.27. The standard InChI is InChI=1S/C13H11NO4/c15-7-8-2-1-3-9(4-8)10-5-11(13(17)18)12(16)14-6-10/h1-6,15H,7H2,(H,14,16)(H,17,18). The second-order valence-electron chi connectivity index (χ2n) is 3.79. The van der Waals surface area contributed by atoms with E-state index in [2.05, 4.69) is 4.98 Å². The van der Waals surface area contributed by atoms with E-state index in [-0.39, 0.29) is 12.2 Å². The van der Waals surface area contributed by atoms with Gasteiger partial charge >= 0.3 is 5.97 Å². The van der Waals surface area contributed by atoms with E-state index in [0.717, 1.165) is 11.1 Å². The first kappa shape index (κ1) is 12.1. The molecule has 0 aliphatic heterocycles. The smallest absolute Gasteiger partial charge is 0.341 e. The van der Waals surface area contributed by atoms with Gasteiger partial charge in [-0.3, -0.25) is 4.79 Å². The molecule has 0 atom stereocenters. The summed E-state index contributed by atoms with van der Waals surface area (Å²) >= 11 is 0. The zero-order valence-electron chi connectivity index (χ0n) is 9.38. The van der Waals surface area contributed by atoms with Crippen molar-refractivity contribution >= 4 is 5.97 Å². The van der Waals surface area contributed by atoms with E-state index in [0.29, 0.717) is 5.56 Å². The summed E-state index contributed by atoms with van der Waals surface area (Å²) in [5, 5.41) is 17.9. The van der Waals surface area contributed by atoms with Crippen LogP contribution in [0.3, 0.4) is 0 Å². The van der Waals surface area contributed by atoms with E-state index in [1.54, 1.807) is 24.3 Å². The number of aromatic carboxylic acids is 1. The summed E-state index contributed by atoms with van der Waals surface area (Å²) in [6.45, 7) is -0.0943. The molecular weight excluding hydrogens is 234 g/mol. The number of carboxylic acids is 1. The van der Waals surface area contributed by atoms with Crippen molar-refractivity contribution in [1.29, 1.82) is 0 Å². The quantitative estimate of drug-likeness (QED) is 0.758. The SMILES string of the molecule is O=C(O)c1cc(-c2cccc(CO)c2)c[nH]c1=O. The highest BCUT2D eigenvalue weighted by molar-refractivity contribution is 5.88. The van der Waals surface area contributed by atoms with E-state index in [1.807, 2.05) is 0 Å².